The van der Waals surface area contributed by atoms with E-state index in [9.17, 15) is 5.26 Å². The van der Waals surface area contributed by atoms with Crippen LogP contribution in [0.15, 0.2) is 112 Å². The zero-order valence-corrected chi connectivity index (χ0v) is 23.6. The monoisotopic (exact) mass is 628 g/mol. The van der Waals surface area contributed by atoms with E-state index >= 15 is 0 Å². The molecule has 0 aromatic heterocycles. The average Bonchev–Trinajstić information content (AvgIpc) is 2.98. The van der Waals surface area contributed by atoms with Crippen molar-refractivity contribution in [1.82, 2.24) is 0 Å². The van der Waals surface area contributed by atoms with Gasteiger partial charge < -0.3 is 9.80 Å². The number of nitrogens with zero attached hydrogens (tertiary/aromatic N) is 4. The standard InChI is InChI=1S/C33H18Br2N4/c1-37-23-9-13-25(14-10-23)39-31-16-8-22(35)18-29(31)27-4-2-3-26-28-17-21(34)7-15-30(28)38(33(39)32(26)27)24-11-5-20(19-36)6-12-24/h2-18,33H. The lowest BCUT2D eigenvalue weighted by molar-refractivity contribution is 0.694. The third-order valence-electron chi connectivity index (χ3n) is 7.40. The van der Waals surface area contributed by atoms with Crippen LogP contribution in [0.2, 0.25) is 0 Å². The zero-order valence-electron chi connectivity index (χ0n) is 20.4. The summed E-state index contributed by atoms with van der Waals surface area (Å²) in [6.07, 6.45) is -0.203. The molecular formula is C33H18Br2N4. The van der Waals surface area contributed by atoms with Crippen LogP contribution < -0.4 is 9.80 Å². The fourth-order valence-corrected chi connectivity index (χ4v) is 6.49. The van der Waals surface area contributed by atoms with Gasteiger partial charge in [0.15, 0.2) is 5.69 Å². The highest BCUT2D eigenvalue weighted by Gasteiger charge is 2.42. The van der Waals surface area contributed by atoms with Crippen LogP contribution in [-0.2, 0) is 0 Å². The van der Waals surface area contributed by atoms with Crippen LogP contribution in [0.3, 0.4) is 0 Å². The van der Waals surface area contributed by atoms with Crippen LogP contribution in [0.1, 0.15) is 17.3 Å². The Morgan fingerprint density at radius 3 is 1.67 bits per heavy atom. The SMILES string of the molecule is [C-]#[N+]c1ccc(N2c3ccc(Br)cc3-c3cccc4c3C2N(c2ccc(C#N)cc2)c2ccc(Br)cc2-4)cc1. The number of nitriles is 1. The van der Waals surface area contributed by atoms with Crippen molar-refractivity contribution in [3.63, 3.8) is 0 Å². The maximum Gasteiger partial charge on any atom is 0.187 e. The number of rotatable bonds is 2. The van der Waals surface area contributed by atoms with Crippen molar-refractivity contribution in [2.45, 2.75) is 6.17 Å². The molecule has 2 aliphatic rings. The molecule has 39 heavy (non-hydrogen) atoms. The second-order valence-electron chi connectivity index (χ2n) is 9.49. The maximum absolute atomic E-state index is 9.46. The first kappa shape index (κ1) is 23.7. The number of halogens is 2. The molecular weight excluding hydrogens is 612 g/mol. The van der Waals surface area contributed by atoms with Crippen LogP contribution in [0, 0.1) is 17.9 Å². The predicted molar refractivity (Wildman–Crippen MR) is 164 cm³/mol. The number of fused-ring (bicyclic) bond motifs is 4. The van der Waals surface area contributed by atoms with Gasteiger partial charge in [-0.3, -0.25) is 0 Å². The van der Waals surface area contributed by atoms with Crippen molar-refractivity contribution in [3.8, 4) is 28.3 Å². The first-order chi connectivity index (χ1) is 19.1. The van der Waals surface area contributed by atoms with Gasteiger partial charge in [-0.15, -0.1) is 0 Å². The molecule has 0 bridgehead atoms. The Labute approximate surface area is 243 Å². The molecule has 0 radical (unpaired) electrons. The van der Waals surface area contributed by atoms with Crippen LogP contribution >= 0.6 is 31.9 Å². The highest BCUT2D eigenvalue weighted by Crippen LogP contribution is 2.59. The Morgan fingerprint density at radius 1 is 0.667 bits per heavy atom. The van der Waals surface area contributed by atoms with Crippen LogP contribution in [0.4, 0.5) is 28.4 Å². The first-order valence-corrected chi connectivity index (χ1v) is 13.9. The molecule has 184 valence electrons. The molecule has 4 nitrogen and oxygen atoms in total. The van der Waals surface area contributed by atoms with Crippen LogP contribution in [0.25, 0.3) is 27.1 Å². The maximum atomic E-state index is 9.46. The summed E-state index contributed by atoms with van der Waals surface area (Å²) in [4.78, 5) is 8.34. The summed E-state index contributed by atoms with van der Waals surface area (Å²) in [6, 6.07) is 37.2. The molecule has 1 unspecified atom stereocenters. The molecule has 5 aromatic carbocycles. The highest BCUT2D eigenvalue weighted by molar-refractivity contribution is 9.10. The van der Waals surface area contributed by atoms with Gasteiger partial charge in [-0.25, -0.2) is 4.85 Å². The van der Waals surface area contributed by atoms with E-state index in [0.717, 1.165) is 42.8 Å². The van der Waals surface area contributed by atoms with E-state index in [-0.39, 0.29) is 6.17 Å². The van der Waals surface area contributed by atoms with Gasteiger partial charge in [0.25, 0.3) is 0 Å². The molecule has 2 aliphatic heterocycles. The lowest BCUT2D eigenvalue weighted by Crippen LogP contribution is -2.41. The molecule has 5 aromatic rings. The zero-order chi connectivity index (χ0) is 26.7. The Hall–Kier alpha value is -4.36. The summed E-state index contributed by atoms with van der Waals surface area (Å²) in [5.74, 6) is 0. The summed E-state index contributed by atoms with van der Waals surface area (Å²) >= 11 is 7.41. The minimum absolute atomic E-state index is 0.203. The lowest BCUT2D eigenvalue weighted by Gasteiger charge is -2.50. The first-order valence-electron chi connectivity index (χ1n) is 12.4. The second-order valence-corrected chi connectivity index (χ2v) is 11.3. The predicted octanol–water partition coefficient (Wildman–Crippen LogP) is 10.3. The largest absolute Gasteiger partial charge is 0.316 e. The van der Waals surface area contributed by atoms with Gasteiger partial charge in [0.1, 0.15) is 6.17 Å². The number of hydrogen-bond acceptors (Lipinski definition) is 3. The molecule has 0 spiro atoms. The minimum Gasteiger partial charge on any atom is -0.316 e. The van der Waals surface area contributed by atoms with Gasteiger partial charge >= 0.3 is 0 Å². The van der Waals surface area contributed by atoms with E-state index in [1.165, 1.54) is 16.7 Å². The van der Waals surface area contributed by atoms with Gasteiger partial charge in [0.05, 0.1) is 29.6 Å². The van der Waals surface area contributed by atoms with E-state index in [0.29, 0.717) is 11.3 Å². The van der Waals surface area contributed by atoms with E-state index in [2.05, 4.69) is 107 Å². The summed E-state index contributed by atoms with van der Waals surface area (Å²) in [5, 5.41) is 9.46. The van der Waals surface area contributed by atoms with Crippen LogP contribution in [0.5, 0.6) is 0 Å². The third kappa shape index (κ3) is 3.68. The third-order valence-corrected chi connectivity index (χ3v) is 8.39. The lowest BCUT2D eigenvalue weighted by atomic mass is 9.81. The topological polar surface area (TPSA) is 34.6 Å². The number of anilines is 4. The average molecular weight is 630 g/mol. The van der Waals surface area contributed by atoms with Crippen molar-refractivity contribution in [2.24, 2.45) is 0 Å². The Bertz CT molecular complexity index is 1730. The molecule has 0 fully saturated rings. The molecule has 0 amide bonds. The van der Waals surface area contributed by atoms with Gasteiger partial charge in [-0.2, -0.15) is 5.26 Å². The molecule has 1 atom stereocenters. The van der Waals surface area contributed by atoms with Crippen molar-refractivity contribution in [2.75, 3.05) is 9.80 Å². The van der Waals surface area contributed by atoms with E-state index in [1.54, 1.807) is 0 Å². The van der Waals surface area contributed by atoms with E-state index in [4.69, 9.17) is 6.57 Å². The normalized spacial score (nSPS) is 14.5. The number of hydrogen-bond donors (Lipinski definition) is 0. The second kappa shape index (κ2) is 9.13. The number of benzene rings is 5. The molecule has 0 saturated heterocycles. The van der Waals surface area contributed by atoms with Crippen molar-refractivity contribution in [3.05, 3.63) is 135 Å². The van der Waals surface area contributed by atoms with Crippen LogP contribution in [-0.4, -0.2) is 0 Å². The highest BCUT2D eigenvalue weighted by atomic mass is 79.9. The fourth-order valence-electron chi connectivity index (χ4n) is 5.76. The van der Waals surface area contributed by atoms with E-state index < -0.39 is 0 Å². The van der Waals surface area contributed by atoms with Crippen molar-refractivity contribution >= 4 is 60.3 Å². The van der Waals surface area contributed by atoms with Crippen molar-refractivity contribution < 1.29 is 0 Å². The summed E-state index contributed by atoms with van der Waals surface area (Å²) in [5.41, 5.74) is 11.3. The molecule has 0 aliphatic carbocycles. The molecule has 0 N–H and O–H groups in total. The molecule has 0 saturated carbocycles. The quantitative estimate of drug-likeness (QED) is 0.182. The molecule has 2 heterocycles. The molecule has 6 heteroatoms. The smallest absolute Gasteiger partial charge is 0.187 e. The van der Waals surface area contributed by atoms with Gasteiger partial charge in [0.2, 0.25) is 0 Å². The van der Waals surface area contributed by atoms with E-state index in [1.807, 2.05) is 48.5 Å². The Kier molecular flexibility index (Phi) is 5.56. The minimum atomic E-state index is -0.203. The summed E-state index contributed by atoms with van der Waals surface area (Å²) in [6.45, 7) is 7.46. The molecule has 7 rings (SSSR count). The summed E-state index contributed by atoms with van der Waals surface area (Å²) < 4.78 is 2.03. The van der Waals surface area contributed by atoms with Crippen molar-refractivity contribution in [1.29, 1.82) is 5.26 Å². The summed E-state index contributed by atoms with van der Waals surface area (Å²) in [7, 11) is 0. The van der Waals surface area contributed by atoms with Gasteiger partial charge in [-0.05, 0) is 83.9 Å². The fraction of sp³-hybridized carbons (Fsp3) is 0.0303. The Balaban J connectivity index is 1.58. The van der Waals surface area contributed by atoms with Gasteiger partial charge in [-0.1, -0.05) is 62.2 Å². The van der Waals surface area contributed by atoms with Gasteiger partial charge in [0, 0.05) is 37.0 Å². The Morgan fingerprint density at radius 2 is 1.18 bits per heavy atom.